The van der Waals surface area contributed by atoms with E-state index in [-0.39, 0.29) is 29.8 Å². The van der Waals surface area contributed by atoms with Crippen molar-refractivity contribution < 1.29 is 4.39 Å². The number of benzene rings is 1. The highest BCUT2D eigenvalue weighted by molar-refractivity contribution is 14.0. The summed E-state index contributed by atoms with van der Waals surface area (Å²) in [5.74, 6) is 1.51. The van der Waals surface area contributed by atoms with Crippen molar-refractivity contribution in [1.29, 1.82) is 0 Å². The standard InChI is InChI=1S/C20H33FN4.HI/c1-17-6-5-15-25(16-17)14-4-3-12-23-20(22-2)24-13-11-18-7-9-19(21)10-8-18;/h7-10,17H,3-6,11-16H2,1-2H3,(H2,22,23,24);1H. The van der Waals surface area contributed by atoms with Crippen LogP contribution in [-0.2, 0) is 6.42 Å². The van der Waals surface area contributed by atoms with Gasteiger partial charge in [-0.05, 0) is 68.8 Å². The first-order valence-corrected chi connectivity index (χ1v) is 9.58. The molecular formula is C20H34FIN4. The van der Waals surface area contributed by atoms with Crippen LogP contribution < -0.4 is 10.6 Å². The summed E-state index contributed by atoms with van der Waals surface area (Å²) in [5.41, 5.74) is 1.13. The van der Waals surface area contributed by atoms with Gasteiger partial charge in [-0.2, -0.15) is 0 Å². The summed E-state index contributed by atoms with van der Waals surface area (Å²) in [4.78, 5) is 6.86. The maximum absolute atomic E-state index is 12.9. The van der Waals surface area contributed by atoms with Gasteiger partial charge in [-0.1, -0.05) is 19.1 Å². The number of nitrogens with zero attached hydrogens (tertiary/aromatic N) is 2. The fourth-order valence-corrected chi connectivity index (χ4v) is 3.35. The third-order valence-corrected chi connectivity index (χ3v) is 4.78. The molecule has 1 fully saturated rings. The second kappa shape index (κ2) is 13.3. The van der Waals surface area contributed by atoms with Gasteiger partial charge in [0.05, 0.1) is 0 Å². The normalized spacial score (nSPS) is 18.3. The molecule has 1 aliphatic rings. The van der Waals surface area contributed by atoms with Crippen LogP contribution in [0.5, 0.6) is 0 Å². The molecule has 1 unspecified atom stereocenters. The molecule has 0 aromatic heterocycles. The predicted molar refractivity (Wildman–Crippen MR) is 119 cm³/mol. The van der Waals surface area contributed by atoms with Crippen molar-refractivity contribution in [2.24, 2.45) is 10.9 Å². The number of aliphatic imine (C=N–C) groups is 1. The fourth-order valence-electron chi connectivity index (χ4n) is 3.35. The van der Waals surface area contributed by atoms with E-state index in [2.05, 4.69) is 27.4 Å². The molecule has 1 heterocycles. The third kappa shape index (κ3) is 9.16. The Morgan fingerprint density at radius 3 is 2.62 bits per heavy atom. The molecule has 2 N–H and O–H groups in total. The highest BCUT2D eigenvalue weighted by atomic mass is 127. The second-order valence-corrected chi connectivity index (χ2v) is 7.06. The van der Waals surface area contributed by atoms with Crippen molar-refractivity contribution >= 4 is 29.9 Å². The average molecular weight is 476 g/mol. The third-order valence-electron chi connectivity index (χ3n) is 4.78. The van der Waals surface area contributed by atoms with Gasteiger partial charge in [0.2, 0.25) is 0 Å². The first kappa shape index (κ1) is 23.1. The van der Waals surface area contributed by atoms with E-state index < -0.39 is 0 Å². The zero-order valence-corrected chi connectivity index (χ0v) is 18.5. The first-order valence-electron chi connectivity index (χ1n) is 9.58. The van der Waals surface area contributed by atoms with Gasteiger partial charge in [-0.25, -0.2) is 4.39 Å². The summed E-state index contributed by atoms with van der Waals surface area (Å²) < 4.78 is 12.9. The lowest BCUT2D eigenvalue weighted by atomic mass is 10.0. The summed E-state index contributed by atoms with van der Waals surface area (Å²) in [7, 11) is 1.79. The second-order valence-electron chi connectivity index (χ2n) is 7.06. The largest absolute Gasteiger partial charge is 0.356 e. The van der Waals surface area contributed by atoms with Gasteiger partial charge < -0.3 is 15.5 Å². The SMILES string of the molecule is CN=C(NCCCCN1CCCC(C)C1)NCCc1ccc(F)cc1.I. The van der Waals surface area contributed by atoms with Crippen LogP contribution in [0, 0.1) is 11.7 Å². The van der Waals surface area contributed by atoms with Crippen LogP contribution in [0.3, 0.4) is 0 Å². The summed E-state index contributed by atoms with van der Waals surface area (Å²) in [6.07, 6.45) is 5.98. The maximum atomic E-state index is 12.9. The molecular weight excluding hydrogens is 442 g/mol. The lowest BCUT2D eigenvalue weighted by molar-refractivity contribution is 0.181. The number of hydrogen-bond donors (Lipinski definition) is 2. The molecule has 2 rings (SSSR count). The Morgan fingerprint density at radius 2 is 1.92 bits per heavy atom. The predicted octanol–water partition coefficient (Wildman–Crippen LogP) is 3.66. The van der Waals surface area contributed by atoms with Crippen molar-refractivity contribution in [2.45, 2.75) is 39.0 Å². The van der Waals surface area contributed by atoms with Gasteiger partial charge in [0.1, 0.15) is 5.82 Å². The Bertz CT molecular complexity index is 521. The van der Waals surface area contributed by atoms with Crippen LogP contribution >= 0.6 is 24.0 Å². The number of likely N-dealkylation sites (tertiary alicyclic amines) is 1. The molecule has 0 saturated carbocycles. The van der Waals surface area contributed by atoms with E-state index in [1.807, 2.05) is 12.1 Å². The van der Waals surface area contributed by atoms with E-state index in [9.17, 15) is 4.39 Å². The Kier molecular flexibility index (Phi) is 11.8. The fraction of sp³-hybridized carbons (Fsp3) is 0.650. The molecule has 0 spiro atoms. The van der Waals surface area contributed by atoms with E-state index in [0.29, 0.717) is 0 Å². The minimum Gasteiger partial charge on any atom is -0.356 e. The lowest BCUT2D eigenvalue weighted by Crippen LogP contribution is -2.39. The molecule has 1 atom stereocenters. The van der Waals surface area contributed by atoms with E-state index in [1.54, 1.807) is 7.05 Å². The molecule has 148 valence electrons. The van der Waals surface area contributed by atoms with Crippen molar-refractivity contribution in [3.05, 3.63) is 35.6 Å². The minimum atomic E-state index is -0.187. The number of piperidine rings is 1. The summed E-state index contributed by atoms with van der Waals surface area (Å²) in [6.45, 7) is 7.83. The van der Waals surface area contributed by atoms with E-state index in [4.69, 9.17) is 0 Å². The average Bonchev–Trinajstić information content (AvgIpc) is 2.61. The first-order chi connectivity index (χ1) is 12.2. The number of rotatable bonds is 8. The van der Waals surface area contributed by atoms with Gasteiger partial charge in [-0.15, -0.1) is 24.0 Å². The highest BCUT2D eigenvalue weighted by Crippen LogP contribution is 2.15. The van der Waals surface area contributed by atoms with Crippen molar-refractivity contribution in [3.63, 3.8) is 0 Å². The molecule has 1 aliphatic heterocycles. The number of hydrogen-bond acceptors (Lipinski definition) is 2. The molecule has 0 amide bonds. The van der Waals surface area contributed by atoms with Crippen LogP contribution in [0.15, 0.2) is 29.3 Å². The number of unbranched alkanes of at least 4 members (excludes halogenated alkanes) is 1. The maximum Gasteiger partial charge on any atom is 0.190 e. The summed E-state index contributed by atoms with van der Waals surface area (Å²) >= 11 is 0. The van der Waals surface area contributed by atoms with E-state index in [0.717, 1.165) is 43.4 Å². The zero-order chi connectivity index (χ0) is 17.9. The quantitative estimate of drug-likeness (QED) is 0.261. The molecule has 0 aliphatic carbocycles. The summed E-state index contributed by atoms with van der Waals surface area (Å²) in [6, 6.07) is 6.67. The molecule has 0 bridgehead atoms. The van der Waals surface area contributed by atoms with Crippen LogP contribution in [0.25, 0.3) is 0 Å². The Labute approximate surface area is 175 Å². The molecule has 4 nitrogen and oxygen atoms in total. The van der Waals surface area contributed by atoms with Crippen molar-refractivity contribution in [1.82, 2.24) is 15.5 Å². The van der Waals surface area contributed by atoms with E-state index in [1.165, 1.54) is 51.0 Å². The zero-order valence-electron chi connectivity index (χ0n) is 16.1. The van der Waals surface area contributed by atoms with Crippen LogP contribution in [-0.4, -0.2) is 50.6 Å². The van der Waals surface area contributed by atoms with Crippen molar-refractivity contribution in [2.75, 3.05) is 39.8 Å². The lowest BCUT2D eigenvalue weighted by Gasteiger charge is -2.30. The van der Waals surface area contributed by atoms with Gasteiger partial charge in [-0.3, -0.25) is 4.99 Å². The molecule has 26 heavy (non-hydrogen) atoms. The topological polar surface area (TPSA) is 39.7 Å². The van der Waals surface area contributed by atoms with Gasteiger partial charge >= 0.3 is 0 Å². The van der Waals surface area contributed by atoms with Crippen molar-refractivity contribution in [3.8, 4) is 0 Å². The molecule has 1 aromatic rings. The van der Waals surface area contributed by atoms with Crippen LogP contribution in [0.4, 0.5) is 4.39 Å². The van der Waals surface area contributed by atoms with Gasteiger partial charge in [0.25, 0.3) is 0 Å². The highest BCUT2D eigenvalue weighted by Gasteiger charge is 2.15. The molecule has 1 saturated heterocycles. The molecule has 1 aromatic carbocycles. The summed E-state index contributed by atoms with van der Waals surface area (Å²) in [5, 5.41) is 6.69. The van der Waals surface area contributed by atoms with E-state index >= 15 is 0 Å². The van der Waals surface area contributed by atoms with Crippen LogP contribution in [0.1, 0.15) is 38.2 Å². The number of nitrogens with one attached hydrogen (secondary N) is 2. The van der Waals surface area contributed by atoms with Gasteiger partial charge in [0, 0.05) is 26.7 Å². The number of guanidine groups is 1. The Morgan fingerprint density at radius 1 is 1.19 bits per heavy atom. The Balaban J connectivity index is 0.00000338. The van der Waals surface area contributed by atoms with Gasteiger partial charge in [0.15, 0.2) is 5.96 Å². The Hall–Kier alpha value is -0.890. The minimum absolute atomic E-state index is 0. The smallest absolute Gasteiger partial charge is 0.190 e. The number of halogens is 2. The monoisotopic (exact) mass is 476 g/mol. The molecule has 6 heteroatoms. The van der Waals surface area contributed by atoms with Crippen LogP contribution in [0.2, 0.25) is 0 Å². The molecule has 0 radical (unpaired) electrons.